The summed E-state index contributed by atoms with van der Waals surface area (Å²) in [6, 6.07) is 6.21. The number of benzene rings is 1. The summed E-state index contributed by atoms with van der Waals surface area (Å²) in [7, 11) is 0. The SMILES string of the molecule is O=C(O)CSc1nc2cc(I)ccc2n1CCC1CC1. The van der Waals surface area contributed by atoms with Gasteiger partial charge in [0.2, 0.25) is 0 Å². The summed E-state index contributed by atoms with van der Waals surface area (Å²) in [5, 5.41) is 9.68. The van der Waals surface area contributed by atoms with Gasteiger partial charge < -0.3 is 9.67 Å². The largest absolute Gasteiger partial charge is 0.481 e. The molecule has 0 bridgehead atoms. The van der Waals surface area contributed by atoms with Gasteiger partial charge in [0.15, 0.2) is 5.16 Å². The van der Waals surface area contributed by atoms with Crippen LogP contribution in [0.25, 0.3) is 11.0 Å². The molecule has 0 aliphatic heterocycles. The number of fused-ring (bicyclic) bond motifs is 1. The maximum Gasteiger partial charge on any atom is 0.313 e. The van der Waals surface area contributed by atoms with Gasteiger partial charge in [-0.1, -0.05) is 24.6 Å². The summed E-state index contributed by atoms with van der Waals surface area (Å²) in [6.45, 7) is 0.934. The van der Waals surface area contributed by atoms with E-state index in [-0.39, 0.29) is 5.75 Å². The summed E-state index contributed by atoms with van der Waals surface area (Å²) in [4.78, 5) is 15.4. The van der Waals surface area contributed by atoms with Crippen LogP contribution in [0.2, 0.25) is 0 Å². The van der Waals surface area contributed by atoms with Crippen molar-refractivity contribution >= 4 is 51.4 Å². The minimum Gasteiger partial charge on any atom is -0.481 e. The van der Waals surface area contributed by atoms with Crippen molar-refractivity contribution < 1.29 is 9.90 Å². The Morgan fingerprint density at radius 3 is 3.00 bits per heavy atom. The Kier molecular flexibility index (Phi) is 4.21. The second kappa shape index (κ2) is 5.93. The highest BCUT2D eigenvalue weighted by Gasteiger charge is 2.22. The molecule has 2 aromatic rings. The van der Waals surface area contributed by atoms with Gasteiger partial charge in [-0.25, -0.2) is 4.98 Å². The van der Waals surface area contributed by atoms with Gasteiger partial charge in [-0.15, -0.1) is 0 Å². The zero-order valence-electron chi connectivity index (χ0n) is 10.9. The maximum atomic E-state index is 10.8. The molecule has 20 heavy (non-hydrogen) atoms. The summed E-state index contributed by atoms with van der Waals surface area (Å²) in [6.07, 6.45) is 3.84. The fraction of sp³-hybridized carbons (Fsp3) is 0.429. The molecule has 0 amide bonds. The van der Waals surface area contributed by atoms with Crippen molar-refractivity contribution in [3.8, 4) is 0 Å². The first-order valence-corrected chi connectivity index (χ1v) is 8.70. The van der Waals surface area contributed by atoms with Crippen LogP contribution in [0.1, 0.15) is 19.3 Å². The van der Waals surface area contributed by atoms with Gasteiger partial charge in [-0.3, -0.25) is 4.79 Å². The van der Waals surface area contributed by atoms with Gasteiger partial charge in [0, 0.05) is 10.1 Å². The molecule has 3 rings (SSSR count). The summed E-state index contributed by atoms with van der Waals surface area (Å²) in [5.74, 6) is 0.114. The van der Waals surface area contributed by atoms with Gasteiger partial charge in [0.1, 0.15) is 0 Å². The van der Waals surface area contributed by atoms with Crippen molar-refractivity contribution in [3.63, 3.8) is 0 Å². The molecular formula is C14H15IN2O2S. The normalized spacial score (nSPS) is 14.8. The number of imidazole rings is 1. The lowest BCUT2D eigenvalue weighted by atomic mass is 10.3. The molecule has 1 aromatic carbocycles. The predicted molar refractivity (Wildman–Crippen MR) is 88.2 cm³/mol. The number of thioether (sulfide) groups is 1. The Labute approximate surface area is 135 Å². The van der Waals surface area contributed by atoms with Crippen molar-refractivity contribution in [2.24, 2.45) is 5.92 Å². The Morgan fingerprint density at radius 1 is 1.50 bits per heavy atom. The van der Waals surface area contributed by atoms with Crippen LogP contribution in [0.5, 0.6) is 0 Å². The van der Waals surface area contributed by atoms with Crippen molar-refractivity contribution in [1.29, 1.82) is 0 Å². The number of aromatic nitrogens is 2. The number of carboxylic acids is 1. The molecule has 0 spiro atoms. The number of halogens is 1. The molecule has 1 aromatic heterocycles. The smallest absolute Gasteiger partial charge is 0.313 e. The first kappa shape index (κ1) is 14.2. The molecule has 1 saturated carbocycles. The van der Waals surface area contributed by atoms with Gasteiger partial charge in [0.05, 0.1) is 16.8 Å². The fourth-order valence-corrected chi connectivity index (χ4v) is 3.49. The number of carboxylic acid groups (broad SMARTS) is 1. The number of hydrogen-bond acceptors (Lipinski definition) is 3. The maximum absolute atomic E-state index is 10.8. The van der Waals surface area contributed by atoms with Crippen LogP contribution >= 0.6 is 34.4 Å². The molecule has 1 fully saturated rings. The second-order valence-electron chi connectivity index (χ2n) is 5.09. The third-order valence-electron chi connectivity index (χ3n) is 3.46. The molecule has 106 valence electrons. The van der Waals surface area contributed by atoms with Crippen LogP contribution in [0.3, 0.4) is 0 Å². The third-order valence-corrected chi connectivity index (χ3v) is 5.09. The fourth-order valence-electron chi connectivity index (χ4n) is 2.25. The predicted octanol–water partition coefficient (Wildman–Crippen LogP) is 3.62. The topological polar surface area (TPSA) is 55.1 Å². The van der Waals surface area contributed by atoms with E-state index in [4.69, 9.17) is 5.11 Å². The minimum absolute atomic E-state index is 0.0594. The molecule has 1 N–H and O–H groups in total. The van der Waals surface area contributed by atoms with E-state index >= 15 is 0 Å². The van der Waals surface area contributed by atoms with Crippen LogP contribution < -0.4 is 0 Å². The Balaban J connectivity index is 1.91. The van der Waals surface area contributed by atoms with Gasteiger partial charge in [-0.05, 0) is 53.1 Å². The van der Waals surface area contributed by atoms with Gasteiger partial charge in [-0.2, -0.15) is 0 Å². The number of hydrogen-bond donors (Lipinski definition) is 1. The molecule has 0 atom stereocenters. The van der Waals surface area contributed by atoms with E-state index in [9.17, 15) is 4.79 Å². The average Bonchev–Trinajstić information content (AvgIpc) is 3.16. The summed E-state index contributed by atoms with van der Waals surface area (Å²) in [5.41, 5.74) is 2.07. The van der Waals surface area contributed by atoms with E-state index < -0.39 is 5.97 Å². The summed E-state index contributed by atoms with van der Waals surface area (Å²) < 4.78 is 3.33. The molecule has 1 aliphatic rings. The molecule has 1 aliphatic carbocycles. The van der Waals surface area contributed by atoms with Crippen LogP contribution in [-0.4, -0.2) is 26.4 Å². The van der Waals surface area contributed by atoms with E-state index in [1.54, 1.807) is 0 Å². The highest BCUT2D eigenvalue weighted by atomic mass is 127. The van der Waals surface area contributed by atoms with Crippen LogP contribution in [0, 0.1) is 9.49 Å². The zero-order valence-corrected chi connectivity index (χ0v) is 13.9. The number of nitrogens with zero attached hydrogens (tertiary/aromatic N) is 2. The molecule has 0 unspecified atom stereocenters. The molecule has 4 nitrogen and oxygen atoms in total. The van der Waals surface area contributed by atoms with Crippen molar-refractivity contribution in [3.05, 3.63) is 21.8 Å². The van der Waals surface area contributed by atoms with Gasteiger partial charge >= 0.3 is 5.97 Å². The van der Waals surface area contributed by atoms with Gasteiger partial charge in [0.25, 0.3) is 0 Å². The monoisotopic (exact) mass is 402 g/mol. The highest BCUT2D eigenvalue weighted by molar-refractivity contribution is 14.1. The van der Waals surface area contributed by atoms with Crippen LogP contribution in [-0.2, 0) is 11.3 Å². The lowest BCUT2D eigenvalue weighted by Crippen LogP contribution is -2.04. The summed E-state index contributed by atoms with van der Waals surface area (Å²) >= 11 is 3.58. The quantitative estimate of drug-likeness (QED) is 0.593. The number of aryl methyl sites for hydroxylation is 1. The standard InChI is InChI=1S/C14H15IN2O2S/c15-10-3-4-12-11(7-10)16-14(20-8-13(18)19)17(12)6-5-9-1-2-9/h3-4,7,9H,1-2,5-6,8H2,(H,18,19). The molecule has 0 saturated heterocycles. The van der Waals surface area contributed by atoms with Crippen molar-refractivity contribution in [1.82, 2.24) is 9.55 Å². The first-order valence-electron chi connectivity index (χ1n) is 6.64. The van der Waals surface area contributed by atoms with Crippen molar-refractivity contribution in [2.75, 3.05) is 5.75 Å². The number of carbonyl (C=O) groups is 1. The first-order chi connectivity index (χ1) is 9.63. The lowest BCUT2D eigenvalue weighted by molar-refractivity contribution is -0.133. The van der Waals surface area contributed by atoms with E-state index in [2.05, 4.69) is 44.3 Å². The van der Waals surface area contributed by atoms with E-state index in [0.29, 0.717) is 0 Å². The molecular weight excluding hydrogens is 387 g/mol. The van der Waals surface area contributed by atoms with E-state index in [1.165, 1.54) is 24.6 Å². The average molecular weight is 402 g/mol. The molecule has 6 heteroatoms. The lowest BCUT2D eigenvalue weighted by Gasteiger charge is -2.07. The number of rotatable bonds is 6. The third kappa shape index (κ3) is 3.28. The highest BCUT2D eigenvalue weighted by Crippen LogP contribution is 2.34. The van der Waals surface area contributed by atoms with E-state index in [1.807, 2.05) is 6.07 Å². The Morgan fingerprint density at radius 2 is 2.30 bits per heavy atom. The Hall–Kier alpha value is -0.760. The molecule has 1 heterocycles. The Bertz CT molecular complexity index is 652. The zero-order chi connectivity index (χ0) is 14.1. The van der Waals surface area contributed by atoms with E-state index in [0.717, 1.165) is 38.6 Å². The second-order valence-corrected chi connectivity index (χ2v) is 7.28. The van der Waals surface area contributed by atoms with Crippen molar-refractivity contribution in [2.45, 2.75) is 31.0 Å². The molecule has 0 radical (unpaired) electrons. The minimum atomic E-state index is -0.801. The van der Waals surface area contributed by atoms with Crippen LogP contribution in [0.4, 0.5) is 0 Å². The number of aliphatic carboxylic acids is 1. The van der Waals surface area contributed by atoms with Crippen LogP contribution in [0.15, 0.2) is 23.4 Å².